The molecule has 29 heavy (non-hydrogen) atoms. The summed E-state index contributed by atoms with van der Waals surface area (Å²) >= 11 is 1.30. The highest BCUT2D eigenvalue weighted by molar-refractivity contribution is 8.00. The van der Waals surface area contributed by atoms with E-state index in [9.17, 15) is 18.8 Å². The monoisotopic (exact) mass is 414 g/mol. The van der Waals surface area contributed by atoms with Gasteiger partial charge < -0.3 is 5.32 Å². The molecular weight excluding hydrogens is 391 g/mol. The number of hydrogen-bond acceptors (Lipinski definition) is 4. The molecule has 7 heteroatoms. The third kappa shape index (κ3) is 5.44. The molecular formula is C22H23FN2O3S. The van der Waals surface area contributed by atoms with Crippen molar-refractivity contribution in [1.82, 2.24) is 0 Å². The fourth-order valence-corrected chi connectivity index (χ4v) is 4.08. The molecule has 1 saturated heterocycles. The highest BCUT2D eigenvalue weighted by Crippen LogP contribution is 2.34. The topological polar surface area (TPSA) is 66.5 Å². The Labute approximate surface area is 173 Å². The van der Waals surface area contributed by atoms with Gasteiger partial charge in [-0.1, -0.05) is 20.8 Å². The number of carbonyl (C=O) groups excluding carboxylic acids is 3. The van der Waals surface area contributed by atoms with Gasteiger partial charge in [0.15, 0.2) is 0 Å². The average Bonchev–Trinajstić information content (AvgIpc) is 2.89. The molecule has 0 aromatic heterocycles. The van der Waals surface area contributed by atoms with Crippen LogP contribution in [-0.2, 0) is 14.4 Å². The number of imide groups is 1. The first kappa shape index (κ1) is 21.0. The van der Waals surface area contributed by atoms with Crippen LogP contribution in [0, 0.1) is 11.2 Å². The summed E-state index contributed by atoms with van der Waals surface area (Å²) in [4.78, 5) is 39.0. The molecule has 152 valence electrons. The summed E-state index contributed by atoms with van der Waals surface area (Å²) in [6, 6.07) is 12.5. The molecule has 0 saturated carbocycles. The number of halogens is 1. The number of benzene rings is 2. The molecule has 1 heterocycles. The van der Waals surface area contributed by atoms with Crippen LogP contribution in [0.1, 0.15) is 33.6 Å². The smallest absolute Gasteiger partial charge is 0.247 e. The van der Waals surface area contributed by atoms with E-state index in [0.29, 0.717) is 17.8 Å². The van der Waals surface area contributed by atoms with Crippen molar-refractivity contribution in [3.8, 4) is 0 Å². The van der Waals surface area contributed by atoms with Crippen molar-refractivity contribution in [3.63, 3.8) is 0 Å². The summed E-state index contributed by atoms with van der Waals surface area (Å²) in [5.74, 6) is -1.09. The average molecular weight is 415 g/mol. The summed E-state index contributed by atoms with van der Waals surface area (Å²) in [5, 5.41) is 2.33. The molecule has 2 aromatic rings. The van der Waals surface area contributed by atoms with E-state index in [2.05, 4.69) is 5.32 Å². The third-order valence-corrected chi connectivity index (χ3v) is 5.49. The van der Waals surface area contributed by atoms with Gasteiger partial charge in [0.25, 0.3) is 0 Å². The van der Waals surface area contributed by atoms with Gasteiger partial charge in [-0.3, -0.25) is 14.4 Å². The van der Waals surface area contributed by atoms with E-state index in [4.69, 9.17) is 0 Å². The van der Waals surface area contributed by atoms with Gasteiger partial charge in [0.1, 0.15) is 5.82 Å². The second-order valence-corrected chi connectivity index (χ2v) is 9.44. The number of thioether (sulfide) groups is 1. The molecule has 1 atom stereocenters. The molecule has 0 bridgehead atoms. The molecule has 0 aliphatic carbocycles. The first-order chi connectivity index (χ1) is 13.6. The SMILES string of the molecule is CC(C)(C)CC(=O)Nc1ccc(SC2CC(=O)N(c3ccc(F)cc3)C2=O)cc1. The number of carbonyl (C=O) groups is 3. The molecule has 3 rings (SSSR count). The lowest BCUT2D eigenvalue weighted by Crippen LogP contribution is -2.31. The van der Waals surface area contributed by atoms with E-state index in [0.717, 1.165) is 9.80 Å². The molecule has 0 spiro atoms. The summed E-state index contributed by atoms with van der Waals surface area (Å²) in [6.07, 6.45) is 0.506. The van der Waals surface area contributed by atoms with Crippen molar-refractivity contribution < 1.29 is 18.8 Å². The van der Waals surface area contributed by atoms with Crippen LogP contribution in [0.3, 0.4) is 0 Å². The van der Waals surface area contributed by atoms with Gasteiger partial charge in [0.2, 0.25) is 17.7 Å². The Balaban J connectivity index is 1.63. The summed E-state index contributed by atoms with van der Waals surface area (Å²) < 4.78 is 13.1. The van der Waals surface area contributed by atoms with Gasteiger partial charge in [0, 0.05) is 23.4 Å². The lowest BCUT2D eigenvalue weighted by molar-refractivity contribution is -0.121. The van der Waals surface area contributed by atoms with Gasteiger partial charge >= 0.3 is 0 Å². The Hall–Kier alpha value is -2.67. The molecule has 0 radical (unpaired) electrons. The van der Waals surface area contributed by atoms with E-state index in [-0.39, 0.29) is 29.6 Å². The molecule has 2 aromatic carbocycles. The summed E-state index contributed by atoms with van der Waals surface area (Å²) in [7, 11) is 0. The van der Waals surface area contributed by atoms with Crippen molar-refractivity contribution in [2.45, 2.75) is 43.8 Å². The Bertz CT molecular complexity index is 921. The molecule has 1 fully saturated rings. The van der Waals surface area contributed by atoms with Gasteiger partial charge in [0.05, 0.1) is 10.9 Å². The van der Waals surface area contributed by atoms with Crippen molar-refractivity contribution in [2.75, 3.05) is 10.2 Å². The predicted molar refractivity (Wildman–Crippen MR) is 112 cm³/mol. The van der Waals surface area contributed by atoms with E-state index < -0.39 is 11.1 Å². The Morgan fingerprint density at radius 2 is 1.72 bits per heavy atom. The van der Waals surface area contributed by atoms with Gasteiger partial charge in [-0.2, -0.15) is 0 Å². The second-order valence-electron chi connectivity index (χ2n) is 8.16. The van der Waals surface area contributed by atoms with E-state index in [1.165, 1.54) is 36.0 Å². The minimum atomic E-state index is -0.533. The van der Waals surface area contributed by atoms with Gasteiger partial charge in [-0.25, -0.2) is 9.29 Å². The maximum atomic E-state index is 13.1. The minimum absolute atomic E-state index is 0.0515. The van der Waals surface area contributed by atoms with Crippen LogP contribution < -0.4 is 10.2 Å². The van der Waals surface area contributed by atoms with Crippen molar-refractivity contribution in [1.29, 1.82) is 0 Å². The second kappa shape index (κ2) is 8.37. The van der Waals surface area contributed by atoms with Crippen LogP contribution in [0.15, 0.2) is 53.4 Å². The molecule has 3 amide bonds. The zero-order valence-corrected chi connectivity index (χ0v) is 17.4. The van der Waals surface area contributed by atoms with Crippen LogP contribution in [-0.4, -0.2) is 23.0 Å². The highest BCUT2D eigenvalue weighted by Gasteiger charge is 2.40. The maximum Gasteiger partial charge on any atom is 0.247 e. The van der Waals surface area contributed by atoms with Gasteiger partial charge in [-0.15, -0.1) is 11.8 Å². The van der Waals surface area contributed by atoms with Crippen LogP contribution in [0.25, 0.3) is 0 Å². The van der Waals surface area contributed by atoms with Gasteiger partial charge in [-0.05, 0) is 53.9 Å². The predicted octanol–water partition coefficient (Wildman–Crippen LogP) is 4.62. The van der Waals surface area contributed by atoms with E-state index in [1.807, 2.05) is 32.9 Å². The number of amides is 3. The number of nitrogens with zero attached hydrogens (tertiary/aromatic N) is 1. The first-order valence-electron chi connectivity index (χ1n) is 9.31. The van der Waals surface area contributed by atoms with Crippen molar-refractivity contribution in [2.24, 2.45) is 5.41 Å². The maximum absolute atomic E-state index is 13.1. The number of rotatable bonds is 5. The molecule has 5 nitrogen and oxygen atoms in total. The minimum Gasteiger partial charge on any atom is -0.326 e. The van der Waals surface area contributed by atoms with Crippen LogP contribution >= 0.6 is 11.8 Å². The lowest BCUT2D eigenvalue weighted by atomic mass is 9.92. The molecule has 1 unspecified atom stereocenters. The fraction of sp³-hybridized carbons (Fsp3) is 0.318. The molecule has 1 N–H and O–H groups in total. The first-order valence-corrected chi connectivity index (χ1v) is 10.2. The van der Waals surface area contributed by atoms with E-state index >= 15 is 0 Å². The third-order valence-electron chi connectivity index (χ3n) is 4.30. The Morgan fingerprint density at radius 1 is 1.10 bits per heavy atom. The number of hydrogen-bond donors (Lipinski definition) is 1. The van der Waals surface area contributed by atoms with Crippen molar-refractivity contribution >= 4 is 40.9 Å². The number of nitrogens with one attached hydrogen (secondary N) is 1. The lowest BCUT2D eigenvalue weighted by Gasteiger charge is -2.17. The standard InChI is InChI=1S/C22H23FN2O3S/c1-22(2,3)13-19(26)24-15-6-10-17(11-7-15)29-18-12-20(27)25(21(18)28)16-8-4-14(23)5-9-16/h4-11,18H,12-13H2,1-3H3,(H,24,26). The van der Waals surface area contributed by atoms with Crippen LogP contribution in [0.5, 0.6) is 0 Å². The summed E-state index contributed by atoms with van der Waals surface area (Å²) in [5.41, 5.74) is 0.970. The Kier molecular flexibility index (Phi) is 6.07. The van der Waals surface area contributed by atoms with Crippen molar-refractivity contribution in [3.05, 3.63) is 54.3 Å². The van der Waals surface area contributed by atoms with E-state index in [1.54, 1.807) is 12.1 Å². The highest BCUT2D eigenvalue weighted by atomic mass is 32.2. The van der Waals surface area contributed by atoms with Crippen LogP contribution in [0.2, 0.25) is 0 Å². The normalized spacial score (nSPS) is 17.0. The molecule has 1 aliphatic heterocycles. The van der Waals surface area contributed by atoms with Crippen LogP contribution in [0.4, 0.5) is 15.8 Å². The molecule has 1 aliphatic rings. The largest absolute Gasteiger partial charge is 0.326 e. The fourth-order valence-electron chi connectivity index (χ4n) is 3.03. The Morgan fingerprint density at radius 3 is 2.31 bits per heavy atom. The summed E-state index contributed by atoms with van der Waals surface area (Å²) in [6.45, 7) is 6.00. The zero-order valence-electron chi connectivity index (χ0n) is 16.6. The zero-order chi connectivity index (χ0) is 21.2. The number of anilines is 2. The quantitative estimate of drug-likeness (QED) is 0.725.